The summed E-state index contributed by atoms with van der Waals surface area (Å²) in [6.07, 6.45) is 3.10. The molecule has 0 fully saturated rings. The van der Waals surface area contributed by atoms with Crippen LogP contribution in [-0.4, -0.2) is 22.5 Å². The van der Waals surface area contributed by atoms with Gasteiger partial charge >= 0.3 is 0 Å². The number of carbonyl (C=O) groups is 1. The maximum absolute atomic E-state index is 13.7. The first-order valence-electron chi connectivity index (χ1n) is 12.3. The Balaban J connectivity index is 1.49. The third-order valence-electron chi connectivity index (χ3n) is 6.37. The average molecular weight is 506 g/mol. The zero-order valence-corrected chi connectivity index (χ0v) is 20.5. The summed E-state index contributed by atoms with van der Waals surface area (Å²) in [4.78, 5) is 37.4. The topological polar surface area (TPSA) is 94.8 Å². The van der Waals surface area contributed by atoms with Crippen LogP contribution < -0.4 is 19.8 Å². The second-order valence-corrected chi connectivity index (χ2v) is 8.71. The van der Waals surface area contributed by atoms with Crippen LogP contribution in [0.5, 0.6) is 11.5 Å². The number of para-hydroxylation sites is 1. The molecule has 0 bridgehead atoms. The van der Waals surface area contributed by atoms with Crippen molar-refractivity contribution in [3.63, 3.8) is 0 Å². The van der Waals surface area contributed by atoms with E-state index >= 15 is 0 Å². The molecule has 1 atom stereocenters. The van der Waals surface area contributed by atoms with Crippen molar-refractivity contribution in [3.8, 4) is 11.5 Å². The van der Waals surface area contributed by atoms with Crippen molar-refractivity contribution in [2.24, 2.45) is 0 Å². The number of ether oxygens (including phenoxy) is 2. The molecule has 1 aliphatic rings. The fraction of sp³-hybridized carbons (Fsp3) is 0.133. The van der Waals surface area contributed by atoms with Crippen LogP contribution in [-0.2, 0) is 6.61 Å². The zero-order chi connectivity index (χ0) is 26.1. The van der Waals surface area contributed by atoms with Crippen molar-refractivity contribution in [2.75, 3.05) is 11.5 Å². The Morgan fingerprint density at radius 2 is 1.63 bits per heavy atom. The van der Waals surface area contributed by atoms with Gasteiger partial charge in [-0.1, -0.05) is 48.5 Å². The molecule has 1 aliphatic heterocycles. The molecular formula is C30H23N3O5. The lowest BCUT2D eigenvalue weighted by Gasteiger charge is -2.24. The minimum Gasteiger partial charge on any atom is -0.490 e. The Morgan fingerprint density at radius 1 is 0.868 bits per heavy atom. The molecule has 2 aromatic heterocycles. The van der Waals surface area contributed by atoms with E-state index in [4.69, 9.17) is 13.9 Å². The van der Waals surface area contributed by atoms with E-state index < -0.39 is 11.9 Å². The van der Waals surface area contributed by atoms with Crippen LogP contribution in [0.2, 0.25) is 0 Å². The quantitative estimate of drug-likeness (QED) is 0.296. The van der Waals surface area contributed by atoms with Crippen LogP contribution in [0.3, 0.4) is 0 Å². The molecule has 3 heterocycles. The highest BCUT2D eigenvalue weighted by Crippen LogP contribution is 2.42. The molecular weight excluding hydrogens is 482 g/mol. The summed E-state index contributed by atoms with van der Waals surface area (Å²) >= 11 is 0. The van der Waals surface area contributed by atoms with Crippen LogP contribution in [0.4, 0.5) is 5.95 Å². The number of amides is 1. The smallest absolute Gasteiger partial charge is 0.297 e. The number of nitrogens with zero attached hydrogens (tertiary/aromatic N) is 3. The van der Waals surface area contributed by atoms with Crippen LogP contribution >= 0.6 is 0 Å². The van der Waals surface area contributed by atoms with Crippen molar-refractivity contribution < 1.29 is 18.7 Å². The van der Waals surface area contributed by atoms with E-state index in [1.165, 1.54) is 4.90 Å². The molecule has 38 heavy (non-hydrogen) atoms. The second kappa shape index (κ2) is 9.82. The second-order valence-electron chi connectivity index (χ2n) is 8.71. The third kappa shape index (κ3) is 4.06. The van der Waals surface area contributed by atoms with Gasteiger partial charge in [0.15, 0.2) is 16.9 Å². The summed E-state index contributed by atoms with van der Waals surface area (Å²) in [6, 6.07) is 23.0. The summed E-state index contributed by atoms with van der Waals surface area (Å²) in [6.45, 7) is 2.65. The van der Waals surface area contributed by atoms with Gasteiger partial charge in [-0.25, -0.2) is 9.97 Å². The number of hydrogen-bond donors (Lipinski definition) is 0. The molecule has 3 aromatic carbocycles. The SMILES string of the molecule is CCOc1cc(C2c3c(oc4ccccc4c3=O)C(=O)N2c2ncccn2)ccc1OCc1ccccc1. The summed E-state index contributed by atoms with van der Waals surface area (Å²) in [7, 11) is 0. The molecule has 0 saturated carbocycles. The van der Waals surface area contributed by atoms with E-state index in [0.29, 0.717) is 41.2 Å². The summed E-state index contributed by atoms with van der Waals surface area (Å²) in [5, 5.41) is 0.396. The Kier molecular flexibility index (Phi) is 6.05. The highest BCUT2D eigenvalue weighted by Gasteiger charge is 2.45. The van der Waals surface area contributed by atoms with E-state index in [9.17, 15) is 9.59 Å². The number of hydrogen-bond acceptors (Lipinski definition) is 7. The first kappa shape index (κ1) is 23.4. The highest BCUT2D eigenvalue weighted by molar-refractivity contribution is 6.09. The number of benzene rings is 3. The molecule has 0 saturated heterocycles. The summed E-state index contributed by atoms with van der Waals surface area (Å²) in [5.74, 6) is 0.715. The van der Waals surface area contributed by atoms with Crippen molar-refractivity contribution in [1.29, 1.82) is 0 Å². The predicted octanol–water partition coefficient (Wildman–Crippen LogP) is 5.31. The zero-order valence-electron chi connectivity index (χ0n) is 20.5. The Labute approximate surface area is 218 Å². The molecule has 1 unspecified atom stereocenters. The predicted molar refractivity (Wildman–Crippen MR) is 142 cm³/mol. The molecule has 0 spiro atoms. The average Bonchev–Trinajstić information content (AvgIpc) is 3.26. The highest BCUT2D eigenvalue weighted by atomic mass is 16.5. The van der Waals surface area contributed by atoms with Gasteiger partial charge in [0.25, 0.3) is 5.91 Å². The first-order valence-corrected chi connectivity index (χ1v) is 12.3. The molecule has 8 heteroatoms. The molecule has 0 radical (unpaired) electrons. The molecule has 188 valence electrons. The molecule has 0 aliphatic carbocycles. The Morgan fingerprint density at radius 3 is 2.42 bits per heavy atom. The van der Waals surface area contributed by atoms with E-state index in [0.717, 1.165) is 5.56 Å². The number of rotatable bonds is 7. The minimum absolute atomic E-state index is 0.0199. The van der Waals surface area contributed by atoms with Crippen LogP contribution in [0.25, 0.3) is 11.0 Å². The van der Waals surface area contributed by atoms with Crippen molar-refractivity contribution in [1.82, 2.24) is 9.97 Å². The van der Waals surface area contributed by atoms with Gasteiger partial charge in [0.05, 0.1) is 23.6 Å². The standard InChI is InChI=1S/C30H23N3O5/c1-2-36-24-17-20(13-14-23(24)37-18-19-9-4-3-5-10-19)26-25-27(34)21-11-6-7-12-22(21)38-28(25)29(35)33(26)30-31-15-8-16-32-30/h3-17,26H,2,18H2,1H3. The lowest BCUT2D eigenvalue weighted by molar-refractivity contribution is 0.0969. The van der Waals surface area contributed by atoms with E-state index in [-0.39, 0.29) is 22.7 Å². The number of carbonyl (C=O) groups excluding carboxylic acids is 1. The van der Waals surface area contributed by atoms with Gasteiger partial charge in [0, 0.05) is 12.4 Å². The lowest BCUT2D eigenvalue weighted by Crippen LogP contribution is -2.31. The van der Waals surface area contributed by atoms with E-state index in [1.54, 1.807) is 54.9 Å². The van der Waals surface area contributed by atoms with Gasteiger partial charge in [0.2, 0.25) is 11.7 Å². The number of fused-ring (bicyclic) bond motifs is 2. The normalized spacial score (nSPS) is 14.5. The summed E-state index contributed by atoms with van der Waals surface area (Å²) < 4.78 is 18.0. The van der Waals surface area contributed by atoms with Gasteiger partial charge < -0.3 is 13.9 Å². The fourth-order valence-corrected chi connectivity index (χ4v) is 4.67. The van der Waals surface area contributed by atoms with Crippen molar-refractivity contribution in [2.45, 2.75) is 19.6 Å². The van der Waals surface area contributed by atoms with Crippen molar-refractivity contribution in [3.05, 3.63) is 124 Å². The Bertz CT molecular complexity index is 1690. The fourth-order valence-electron chi connectivity index (χ4n) is 4.67. The third-order valence-corrected chi connectivity index (χ3v) is 6.37. The molecule has 5 aromatic rings. The van der Waals surface area contributed by atoms with Crippen LogP contribution in [0.15, 0.2) is 100 Å². The number of anilines is 1. The molecule has 1 amide bonds. The van der Waals surface area contributed by atoms with Gasteiger partial charge in [-0.2, -0.15) is 0 Å². The lowest BCUT2D eigenvalue weighted by atomic mass is 9.98. The number of aromatic nitrogens is 2. The molecule has 6 rings (SSSR count). The first-order chi connectivity index (χ1) is 18.7. The van der Waals surface area contributed by atoms with Gasteiger partial charge in [-0.15, -0.1) is 0 Å². The maximum Gasteiger partial charge on any atom is 0.297 e. The van der Waals surface area contributed by atoms with E-state index in [2.05, 4.69) is 9.97 Å². The largest absolute Gasteiger partial charge is 0.490 e. The van der Waals surface area contributed by atoms with Gasteiger partial charge in [0.1, 0.15) is 12.2 Å². The van der Waals surface area contributed by atoms with E-state index in [1.807, 2.05) is 43.3 Å². The van der Waals surface area contributed by atoms with Crippen LogP contribution in [0.1, 0.15) is 40.2 Å². The Hall–Kier alpha value is -4.98. The molecule has 0 N–H and O–H groups in total. The maximum atomic E-state index is 13.7. The van der Waals surface area contributed by atoms with Crippen molar-refractivity contribution >= 4 is 22.8 Å². The summed E-state index contributed by atoms with van der Waals surface area (Å²) in [5.41, 5.74) is 1.97. The van der Waals surface area contributed by atoms with Crippen LogP contribution in [0, 0.1) is 0 Å². The molecule has 8 nitrogen and oxygen atoms in total. The van der Waals surface area contributed by atoms with Gasteiger partial charge in [-0.05, 0) is 48.4 Å². The minimum atomic E-state index is -0.817. The van der Waals surface area contributed by atoms with Gasteiger partial charge in [-0.3, -0.25) is 14.5 Å². The monoisotopic (exact) mass is 505 g/mol.